The molecule has 1 heterocycles. The van der Waals surface area contributed by atoms with E-state index in [-0.39, 0.29) is 5.41 Å². The van der Waals surface area contributed by atoms with Crippen LogP contribution in [0.15, 0.2) is 205 Å². The van der Waals surface area contributed by atoms with Gasteiger partial charge in [0, 0.05) is 38.6 Å². The third kappa shape index (κ3) is 5.40. The molecule has 1 aliphatic rings. The van der Waals surface area contributed by atoms with Crippen molar-refractivity contribution in [3.05, 3.63) is 211 Å². The summed E-state index contributed by atoms with van der Waals surface area (Å²) in [5.74, 6) is 0. The molecule has 0 saturated carbocycles. The van der Waals surface area contributed by atoms with Crippen LogP contribution in [0, 0.1) is 0 Å². The summed E-state index contributed by atoms with van der Waals surface area (Å²) >= 11 is 0. The summed E-state index contributed by atoms with van der Waals surface area (Å²) in [7, 11) is 0. The Morgan fingerprint density at radius 2 is 0.982 bits per heavy atom. The molecular formula is C55H39NO. The Morgan fingerprint density at radius 3 is 1.79 bits per heavy atom. The smallest absolute Gasteiger partial charge is 0.143 e. The van der Waals surface area contributed by atoms with Gasteiger partial charge in [0.2, 0.25) is 0 Å². The van der Waals surface area contributed by atoms with Crippen LogP contribution in [0.5, 0.6) is 0 Å². The molecular weight excluding hydrogens is 691 g/mol. The fourth-order valence-electron chi connectivity index (χ4n) is 9.17. The van der Waals surface area contributed by atoms with Gasteiger partial charge in [0.1, 0.15) is 11.2 Å². The molecule has 0 atom stereocenters. The number of fused-ring (bicyclic) bond motifs is 8. The van der Waals surface area contributed by atoms with Crippen molar-refractivity contribution in [1.82, 2.24) is 0 Å². The Labute approximate surface area is 332 Å². The van der Waals surface area contributed by atoms with Gasteiger partial charge in [-0.2, -0.15) is 0 Å². The number of furan rings is 1. The number of benzene rings is 9. The normalized spacial score (nSPS) is 12.9. The third-order valence-electron chi connectivity index (χ3n) is 12.1. The summed E-state index contributed by atoms with van der Waals surface area (Å²) in [6.07, 6.45) is 0. The van der Waals surface area contributed by atoms with Crippen LogP contribution < -0.4 is 4.90 Å². The first-order chi connectivity index (χ1) is 28.0. The first-order valence-corrected chi connectivity index (χ1v) is 19.8. The van der Waals surface area contributed by atoms with Crippen LogP contribution in [-0.2, 0) is 5.41 Å². The van der Waals surface area contributed by atoms with Crippen molar-refractivity contribution in [2.24, 2.45) is 0 Å². The van der Waals surface area contributed by atoms with Crippen LogP contribution in [0.25, 0.3) is 77.2 Å². The van der Waals surface area contributed by atoms with E-state index in [1.807, 2.05) is 0 Å². The second-order valence-electron chi connectivity index (χ2n) is 15.7. The first kappa shape index (κ1) is 33.2. The van der Waals surface area contributed by atoms with Gasteiger partial charge in [-0.05, 0) is 110 Å². The fraction of sp³-hybridized carbons (Fsp3) is 0.0545. The van der Waals surface area contributed by atoms with Crippen LogP contribution in [0.3, 0.4) is 0 Å². The highest BCUT2D eigenvalue weighted by Gasteiger charge is 2.35. The van der Waals surface area contributed by atoms with Crippen LogP contribution in [0.4, 0.5) is 17.1 Å². The van der Waals surface area contributed by atoms with Crippen molar-refractivity contribution in [1.29, 1.82) is 0 Å². The molecule has 0 bridgehead atoms. The molecule has 1 aromatic heterocycles. The monoisotopic (exact) mass is 729 g/mol. The summed E-state index contributed by atoms with van der Waals surface area (Å²) in [4.78, 5) is 2.41. The van der Waals surface area contributed by atoms with Crippen molar-refractivity contribution >= 4 is 49.8 Å². The zero-order valence-electron chi connectivity index (χ0n) is 31.9. The van der Waals surface area contributed by atoms with Gasteiger partial charge in [-0.25, -0.2) is 0 Å². The number of hydrogen-bond donors (Lipinski definition) is 0. The number of nitrogens with zero attached hydrogens (tertiary/aromatic N) is 1. The van der Waals surface area contributed by atoms with E-state index >= 15 is 0 Å². The van der Waals surface area contributed by atoms with Crippen molar-refractivity contribution in [2.45, 2.75) is 19.3 Å². The summed E-state index contributed by atoms with van der Waals surface area (Å²) in [5.41, 5.74) is 17.5. The number of rotatable bonds is 6. The Kier molecular flexibility index (Phi) is 7.55. The lowest BCUT2D eigenvalue weighted by Gasteiger charge is -2.28. The van der Waals surface area contributed by atoms with Crippen molar-refractivity contribution in [2.75, 3.05) is 4.90 Å². The standard InChI is InChI=1S/C55H39NO/c1-55(2)50-20-9-8-18-47(50)48-33-31-44(35-51(48)55)56(42-29-26-39(27-30-42)38-24-22-37(23-25-38)36-12-4-3-5-13-36)43-16-10-15-41(34-43)45-19-11-21-52-53(45)49-32-28-40-14-6-7-17-46(40)54(49)57-52/h3-35H,1-2H3. The maximum absolute atomic E-state index is 6.60. The van der Waals surface area contributed by atoms with Gasteiger partial charge in [-0.15, -0.1) is 0 Å². The minimum Gasteiger partial charge on any atom is -0.455 e. The van der Waals surface area contributed by atoms with E-state index in [9.17, 15) is 0 Å². The zero-order chi connectivity index (χ0) is 38.1. The Bertz CT molecular complexity index is 3130. The predicted octanol–water partition coefficient (Wildman–Crippen LogP) is 15.5. The van der Waals surface area contributed by atoms with E-state index in [0.717, 1.165) is 55.5 Å². The summed E-state index contributed by atoms with van der Waals surface area (Å²) in [6, 6.07) is 72.6. The van der Waals surface area contributed by atoms with Gasteiger partial charge in [-0.1, -0.05) is 166 Å². The lowest BCUT2D eigenvalue weighted by atomic mass is 9.82. The zero-order valence-corrected chi connectivity index (χ0v) is 31.9. The van der Waals surface area contributed by atoms with Gasteiger partial charge >= 0.3 is 0 Å². The Hall–Kier alpha value is -7.16. The second kappa shape index (κ2) is 13.0. The molecule has 0 radical (unpaired) electrons. The second-order valence-corrected chi connectivity index (χ2v) is 15.7. The van der Waals surface area contributed by atoms with Crippen molar-refractivity contribution < 1.29 is 4.42 Å². The molecule has 2 nitrogen and oxygen atoms in total. The largest absolute Gasteiger partial charge is 0.455 e. The lowest BCUT2D eigenvalue weighted by Crippen LogP contribution is -2.16. The maximum atomic E-state index is 6.60. The van der Waals surface area contributed by atoms with Crippen LogP contribution in [-0.4, -0.2) is 0 Å². The highest BCUT2D eigenvalue weighted by atomic mass is 16.3. The predicted molar refractivity (Wildman–Crippen MR) is 240 cm³/mol. The van der Waals surface area contributed by atoms with Gasteiger partial charge < -0.3 is 9.32 Å². The van der Waals surface area contributed by atoms with Crippen molar-refractivity contribution in [3.63, 3.8) is 0 Å². The van der Waals surface area contributed by atoms with Crippen LogP contribution in [0.1, 0.15) is 25.0 Å². The molecule has 10 aromatic rings. The van der Waals surface area contributed by atoms with Gasteiger partial charge in [0.05, 0.1) is 0 Å². The summed E-state index contributed by atoms with van der Waals surface area (Å²) in [5, 5.41) is 4.59. The number of hydrogen-bond acceptors (Lipinski definition) is 2. The minimum atomic E-state index is -0.118. The molecule has 0 amide bonds. The van der Waals surface area contributed by atoms with E-state index in [1.165, 1.54) is 49.9 Å². The molecule has 0 spiro atoms. The fourth-order valence-corrected chi connectivity index (χ4v) is 9.17. The molecule has 270 valence electrons. The lowest BCUT2D eigenvalue weighted by molar-refractivity contribution is 0.660. The highest BCUT2D eigenvalue weighted by Crippen LogP contribution is 2.51. The Morgan fingerprint density at radius 1 is 0.386 bits per heavy atom. The Balaban J connectivity index is 1.04. The molecule has 11 rings (SSSR count). The molecule has 0 N–H and O–H groups in total. The molecule has 0 unspecified atom stereocenters. The average molecular weight is 730 g/mol. The maximum Gasteiger partial charge on any atom is 0.143 e. The summed E-state index contributed by atoms with van der Waals surface area (Å²) in [6.45, 7) is 4.70. The molecule has 0 fully saturated rings. The highest BCUT2D eigenvalue weighted by molar-refractivity contribution is 6.19. The molecule has 57 heavy (non-hydrogen) atoms. The number of anilines is 3. The van der Waals surface area contributed by atoms with E-state index in [1.54, 1.807) is 0 Å². The van der Waals surface area contributed by atoms with Crippen molar-refractivity contribution in [3.8, 4) is 44.5 Å². The molecule has 1 aliphatic carbocycles. The van der Waals surface area contributed by atoms with Gasteiger partial charge in [0.15, 0.2) is 0 Å². The average Bonchev–Trinajstić information content (AvgIpc) is 3.77. The quantitative estimate of drug-likeness (QED) is 0.169. The summed E-state index contributed by atoms with van der Waals surface area (Å²) < 4.78 is 6.60. The minimum absolute atomic E-state index is 0.118. The molecule has 0 saturated heterocycles. The van der Waals surface area contributed by atoms with Gasteiger partial charge in [0.25, 0.3) is 0 Å². The first-order valence-electron chi connectivity index (χ1n) is 19.8. The van der Waals surface area contributed by atoms with E-state index in [2.05, 4.69) is 219 Å². The van der Waals surface area contributed by atoms with Gasteiger partial charge in [-0.3, -0.25) is 0 Å². The van der Waals surface area contributed by atoms with Crippen LogP contribution >= 0.6 is 0 Å². The topological polar surface area (TPSA) is 16.4 Å². The van der Waals surface area contributed by atoms with Crippen LogP contribution in [0.2, 0.25) is 0 Å². The molecule has 9 aromatic carbocycles. The van der Waals surface area contributed by atoms with E-state index in [0.29, 0.717) is 0 Å². The third-order valence-corrected chi connectivity index (χ3v) is 12.1. The molecule has 0 aliphatic heterocycles. The van der Waals surface area contributed by atoms with E-state index < -0.39 is 0 Å². The van der Waals surface area contributed by atoms with E-state index in [4.69, 9.17) is 4.42 Å². The molecule has 2 heteroatoms. The SMILES string of the molecule is CC1(C)c2ccccc2-c2ccc(N(c3ccc(-c4ccc(-c5ccccc5)cc4)cc3)c3cccc(-c4cccc5oc6c7ccccc7ccc6c45)c3)cc21.